The first-order valence-electron chi connectivity index (χ1n) is 8.67. The lowest BCUT2D eigenvalue weighted by Crippen LogP contribution is -2.24. The number of aryl methyl sites for hydroxylation is 2. The molecule has 6 nitrogen and oxygen atoms in total. The largest absolute Gasteiger partial charge is 0.484 e. The lowest BCUT2D eigenvalue weighted by molar-refractivity contribution is -0.123. The maximum atomic E-state index is 11.9. The number of para-hydroxylation sites is 1. The van der Waals surface area contributed by atoms with E-state index in [9.17, 15) is 4.79 Å². The topological polar surface area (TPSA) is 68.5 Å². The highest BCUT2D eigenvalue weighted by Crippen LogP contribution is 2.16. The summed E-state index contributed by atoms with van der Waals surface area (Å²) in [5.41, 5.74) is 7.21. The third kappa shape index (κ3) is 4.61. The molecule has 3 aromatic rings. The molecule has 0 unspecified atom stereocenters. The van der Waals surface area contributed by atoms with Gasteiger partial charge in [-0.05, 0) is 50.6 Å². The molecular formula is C21H22N4O2. The van der Waals surface area contributed by atoms with Crippen molar-refractivity contribution >= 4 is 12.1 Å². The van der Waals surface area contributed by atoms with E-state index in [0.29, 0.717) is 5.75 Å². The molecule has 0 atom stereocenters. The van der Waals surface area contributed by atoms with Gasteiger partial charge < -0.3 is 4.74 Å². The van der Waals surface area contributed by atoms with Gasteiger partial charge in [-0.2, -0.15) is 10.2 Å². The molecule has 0 radical (unpaired) electrons. The normalized spacial score (nSPS) is 10.9. The Balaban J connectivity index is 1.61. The lowest BCUT2D eigenvalue weighted by Gasteiger charge is -2.05. The molecule has 1 heterocycles. The molecule has 1 N–H and O–H groups in total. The van der Waals surface area contributed by atoms with Crippen LogP contribution in [0.3, 0.4) is 0 Å². The Morgan fingerprint density at radius 1 is 1.15 bits per heavy atom. The summed E-state index contributed by atoms with van der Waals surface area (Å²) >= 11 is 0. The SMILES string of the molecule is Cc1cccc(OCC(=O)N/N=C\c2c(C)nn(-c3ccccc3)c2C)c1. The number of nitrogens with zero attached hydrogens (tertiary/aromatic N) is 3. The van der Waals surface area contributed by atoms with Crippen molar-refractivity contribution in [2.75, 3.05) is 6.61 Å². The number of amides is 1. The number of nitrogens with one attached hydrogen (secondary N) is 1. The summed E-state index contributed by atoms with van der Waals surface area (Å²) in [6.07, 6.45) is 1.61. The number of hydrazone groups is 1. The van der Waals surface area contributed by atoms with Crippen LogP contribution in [0.1, 0.15) is 22.5 Å². The van der Waals surface area contributed by atoms with E-state index in [1.165, 1.54) is 0 Å². The second-order valence-electron chi connectivity index (χ2n) is 6.23. The fourth-order valence-electron chi connectivity index (χ4n) is 2.72. The Hall–Kier alpha value is -3.41. The van der Waals surface area contributed by atoms with Crippen LogP contribution in [-0.4, -0.2) is 28.5 Å². The van der Waals surface area contributed by atoms with Crippen molar-refractivity contribution in [2.45, 2.75) is 20.8 Å². The number of hydrogen-bond acceptors (Lipinski definition) is 4. The number of hydrogen-bond donors (Lipinski definition) is 1. The van der Waals surface area contributed by atoms with E-state index in [1.807, 2.05) is 80.1 Å². The maximum absolute atomic E-state index is 11.9. The molecule has 0 saturated heterocycles. The quantitative estimate of drug-likeness (QED) is 0.540. The van der Waals surface area contributed by atoms with Crippen LogP contribution in [0.4, 0.5) is 0 Å². The average Bonchev–Trinajstić information content (AvgIpc) is 2.95. The van der Waals surface area contributed by atoms with Gasteiger partial charge in [0.05, 0.1) is 23.3 Å². The van der Waals surface area contributed by atoms with E-state index >= 15 is 0 Å². The Bertz CT molecular complexity index is 962. The minimum Gasteiger partial charge on any atom is -0.484 e. The van der Waals surface area contributed by atoms with Crippen LogP contribution in [0.25, 0.3) is 5.69 Å². The molecule has 0 bridgehead atoms. The summed E-state index contributed by atoms with van der Waals surface area (Å²) in [7, 11) is 0. The van der Waals surface area contributed by atoms with E-state index < -0.39 is 0 Å². The van der Waals surface area contributed by atoms with E-state index in [2.05, 4.69) is 15.6 Å². The summed E-state index contributed by atoms with van der Waals surface area (Å²) in [6.45, 7) is 5.76. The maximum Gasteiger partial charge on any atom is 0.277 e. The fourth-order valence-corrected chi connectivity index (χ4v) is 2.72. The second-order valence-corrected chi connectivity index (χ2v) is 6.23. The van der Waals surface area contributed by atoms with Crippen molar-refractivity contribution in [1.29, 1.82) is 0 Å². The summed E-state index contributed by atoms with van der Waals surface area (Å²) in [5, 5.41) is 8.59. The molecule has 138 valence electrons. The van der Waals surface area contributed by atoms with Gasteiger partial charge in [0.15, 0.2) is 6.61 Å². The first-order chi connectivity index (χ1) is 13.0. The van der Waals surface area contributed by atoms with Gasteiger partial charge in [-0.15, -0.1) is 0 Å². The molecule has 1 aromatic heterocycles. The summed E-state index contributed by atoms with van der Waals surface area (Å²) in [4.78, 5) is 11.9. The molecule has 0 aliphatic heterocycles. The number of rotatable bonds is 6. The predicted octanol–water partition coefficient (Wildman–Crippen LogP) is 3.33. The standard InChI is InChI=1S/C21H22N4O2/c1-15-8-7-11-19(12-15)27-14-21(26)23-22-13-20-16(2)24-25(17(20)3)18-9-5-4-6-10-18/h4-13H,14H2,1-3H3,(H,23,26)/b22-13-. The second kappa shape index (κ2) is 8.31. The fraction of sp³-hybridized carbons (Fsp3) is 0.190. The molecule has 0 fully saturated rings. The highest BCUT2D eigenvalue weighted by atomic mass is 16.5. The third-order valence-electron chi connectivity index (χ3n) is 4.09. The highest BCUT2D eigenvalue weighted by Gasteiger charge is 2.11. The van der Waals surface area contributed by atoms with Gasteiger partial charge in [-0.3, -0.25) is 4.79 Å². The Morgan fingerprint density at radius 2 is 1.93 bits per heavy atom. The third-order valence-corrected chi connectivity index (χ3v) is 4.09. The Kier molecular flexibility index (Phi) is 5.66. The smallest absolute Gasteiger partial charge is 0.277 e. The molecule has 0 aliphatic rings. The van der Waals surface area contributed by atoms with E-state index in [1.54, 1.807) is 6.21 Å². The highest BCUT2D eigenvalue weighted by molar-refractivity contribution is 5.85. The van der Waals surface area contributed by atoms with Crippen molar-refractivity contribution in [2.24, 2.45) is 5.10 Å². The summed E-state index contributed by atoms with van der Waals surface area (Å²) in [5.74, 6) is 0.337. The van der Waals surface area contributed by atoms with Crippen LogP contribution in [0, 0.1) is 20.8 Å². The first kappa shape index (κ1) is 18.4. The zero-order chi connectivity index (χ0) is 19.2. The van der Waals surface area contributed by atoms with E-state index in [0.717, 1.165) is 28.2 Å². The number of carbonyl (C=O) groups is 1. The summed E-state index contributed by atoms with van der Waals surface area (Å²) < 4.78 is 7.32. The van der Waals surface area contributed by atoms with E-state index in [-0.39, 0.29) is 12.5 Å². The minimum absolute atomic E-state index is 0.0952. The van der Waals surface area contributed by atoms with Crippen molar-refractivity contribution in [3.63, 3.8) is 0 Å². The van der Waals surface area contributed by atoms with Gasteiger partial charge in [-0.1, -0.05) is 30.3 Å². The Morgan fingerprint density at radius 3 is 2.67 bits per heavy atom. The molecule has 27 heavy (non-hydrogen) atoms. The van der Waals surface area contributed by atoms with Gasteiger partial charge in [0.25, 0.3) is 5.91 Å². The van der Waals surface area contributed by atoms with Crippen molar-refractivity contribution in [3.05, 3.63) is 77.1 Å². The molecular weight excluding hydrogens is 340 g/mol. The lowest BCUT2D eigenvalue weighted by atomic mass is 10.2. The van der Waals surface area contributed by atoms with Gasteiger partial charge in [0, 0.05) is 5.56 Å². The van der Waals surface area contributed by atoms with E-state index in [4.69, 9.17) is 4.74 Å². The zero-order valence-electron chi connectivity index (χ0n) is 15.6. The van der Waals surface area contributed by atoms with Crippen LogP contribution < -0.4 is 10.2 Å². The number of benzene rings is 2. The van der Waals surface area contributed by atoms with Crippen molar-refractivity contribution < 1.29 is 9.53 Å². The summed E-state index contributed by atoms with van der Waals surface area (Å²) in [6, 6.07) is 17.4. The van der Waals surface area contributed by atoms with Crippen molar-refractivity contribution in [1.82, 2.24) is 15.2 Å². The van der Waals surface area contributed by atoms with Gasteiger partial charge in [0.1, 0.15) is 5.75 Å². The Labute approximate surface area is 158 Å². The predicted molar refractivity (Wildman–Crippen MR) is 105 cm³/mol. The molecule has 0 spiro atoms. The van der Waals surface area contributed by atoms with Crippen LogP contribution in [0.2, 0.25) is 0 Å². The van der Waals surface area contributed by atoms with Crippen LogP contribution in [0.15, 0.2) is 59.7 Å². The zero-order valence-corrected chi connectivity index (χ0v) is 15.6. The monoisotopic (exact) mass is 362 g/mol. The van der Waals surface area contributed by atoms with Crippen molar-refractivity contribution in [3.8, 4) is 11.4 Å². The number of aromatic nitrogens is 2. The molecule has 2 aromatic carbocycles. The average molecular weight is 362 g/mol. The minimum atomic E-state index is -0.321. The van der Waals surface area contributed by atoms with Gasteiger partial charge in [0.2, 0.25) is 0 Å². The van der Waals surface area contributed by atoms with Crippen LogP contribution >= 0.6 is 0 Å². The van der Waals surface area contributed by atoms with Gasteiger partial charge in [-0.25, -0.2) is 10.1 Å². The first-order valence-corrected chi connectivity index (χ1v) is 8.67. The number of ether oxygens (including phenoxy) is 1. The molecule has 3 rings (SSSR count). The molecule has 0 aliphatic carbocycles. The molecule has 1 amide bonds. The van der Waals surface area contributed by atoms with Gasteiger partial charge >= 0.3 is 0 Å². The van der Waals surface area contributed by atoms with Crippen LogP contribution in [0.5, 0.6) is 5.75 Å². The number of carbonyl (C=O) groups excluding carboxylic acids is 1. The molecule has 0 saturated carbocycles. The molecule has 6 heteroatoms. The van der Waals surface area contributed by atoms with Crippen LogP contribution in [-0.2, 0) is 4.79 Å².